The number of anilines is 5. The second-order valence-corrected chi connectivity index (χ2v) is 30.9. The van der Waals surface area contributed by atoms with Gasteiger partial charge in [0.25, 0.3) is 43.9 Å². The van der Waals surface area contributed by atoms with Gasteiger partial charge in [-0.15, -0.1) is 0 Å². The molecule has 1 aromatic heterocycles. The van der Waals surface area contributed by atoms with Gasteiger partial charge in [-0.1, -0.05) is 116 Å². The highest BCUT2D eigenvalue weighted by Gasteiger charge is 2.38. The third-order valence-electron chi connectivity index (χ3n) is 21.3. The van der Waals surface area contributed by atoms with Crippen molar-refractivity contribution in [2.75, 3.05) is 72.0 Å². The maximum atomic E-state index is 13.3. The zero-order valence-electron chi connectivity index (χ0n) is 61.5. The summed E-state index contributed by atoms with van der Waals surface area (Å²) in [4.78, 5) is 64.7. The number of fused-ring (bicyclic) bond motifs is 6. The average Bonchev–Trinajstić information content (AvgIpc) is 0.908. The van der Waals surface area contributed by atoms with Gasteiger partial charge in [-0.2, -0.15) is 16.8 Å². The lowest BCUT2D eigenvalue weighted by Gasteiger charge is -2.36. The fraction of sp³-hybridized carbons (Fsp3) is 0.261. The third kappa shape index (κ3) is 14.6. The number of para-hydroxylation sites is 2. The third-order valence-corrected chi connectivity index (χ3v) is 23.1. The number of hydrogen-bond donors (Lipinski definition) is 2. The summed E-state index contributed by atoms with van der Waals surface area (Å²) in [5, 5.41) is 1.31. The Morgan fingerprint density at radius 3 is 1.34 bits per heavy atom. The SMILES string of the molecule is CCN(CCCCCCN(CC)c1ccc2c(-c3ccccc3S(=O)(=O)O)c3ccc(N(CCCCN4C(=O)c5ccccc5C4=O)c4c(C)cccc4C)cc3[o+]c2c1)c1ccc2c(c1)OC1C=C(N(CCCCN3C(=O)c4ccccc4C3=O)c3c(C)cccc3C)C=CC1=C2c1ccccc1S(=O)(=O)O. The average molecular weight is 1480 g/mol. The van der Waals surface area contributed by atoms with E-state index in [0.717, 1.165) is 101 Å². The number of rotatable bonds is 29. The molecule has 0 radical (unpaired) electrons. The van der Waals surface area contributed by atoms with E-state index in [1.54, 1.807) is 84.9 Å². The molecule has 0 bridgehead atoms. The Balaban J connectivity index is 0.687. The molecule has 4 heterocycles. The van der Waals surface area contributed by atoms with E-state index >= 15 is 0 Å². The van der Waals surface area contributed by atoms with Gasteiger partial charge >= 0.3 is 11.2 Å². The molecule has 0 fully saturated rings. The zero-order valence-corrected chi connectivity index (χ0v) is 63.1. The monoisotopic (exact) mass is 1480 g/mol. The van der Waals surface area contributed by atoms with Crippen LogP contribution in [-0.2, 0) is 20.2 Å². The highest BCUT2D eigenvalue weighted by Crippen LogP contribution is 2.48. The topological polar surface area (TPSA) is 217 Å². The molecule has 0 saturated heterocycles. The number of amides is 4. The first-order valence-electron chi connectivity index (χ1n) is 37.1. The van der Waals surface area contributed by atoms with E-state index in [2.05, 4.69) is 91.5 Å². The number of unbranched alkanes of at least 4 members (excludes halogenated alkanes) is 5. The lowest BCUT2D eigenvalue weighted by atomic mass is 9.85. The minimum Gasteiger partial charge on any atom is -0.481 e. The number of imide groups is 2. The normalized spacial score (nSPS) is 14.7. The number of benzene rings is 9. The van der Waals surface area contributed by atoms with E-state index < -0.39 is 26.3 Å². The van der Waals surface area contributed by atoms with Gasteiger partial charge in [-0.25, -0.2) is 4.42 Å². The predicted molar refractivity (Wildman–Crippen MR) is 426 cm³/mol. The maximum Gasteiger partial charge on any atom is 0.363 e. The molecule has 14 rings (SSSR count). The van der Waals surface area contributed by atoms with Crippen LogP contribution in [0.4, 0.5) is 28.4 Å². The van der Waals surface area contributed by atoms with Gasteiger partial charge in [0.2, 0.25) is 0 Å². The van der Waals surface area contributed by atoms with Crippen LogP contribution >= 0.6 is 0 Å². The number of allylic oxidation sites excluding steroid dienone is 1. The highest BCUT2D eigenvalue weighted by molar-refractivity contribution is 7.86. The molecule has 18 nitrogen and oxygen atoms in total. The summed E-state index contributed by atoms with van der Waals surface area (Å²) in [5.41, 5.74) is 15.8. The first kappa shape index (κ1) is 73.9. The first-order chi connectivity index (χ1) is 52.1. The Hall–Kier alpha value is -11.0. The number of hydrogen-bond acceptors (Lipinski definition) is 13. The molecule has 1 unspecified atom stereocenters. The van der Waals surface area contributed by atoms with E-state index in [9.17, 15) is 45.1 Å². The molecular weight excluding hydrogens is 1400 g/mol. The van der Waals surface area contributed by atoms with E-state index in [1.807, 2.05) is 78.9 Å². The van der Waals surface area contributed by atoms with E-state index in [1.165, 1.54) is 21.9 Å². The van der Waals surface area contributed by atoms with Gasteiger partial charge in [-0.3, -0.25) is 38.1 Å². The molecule has 3 aliphatic heterocycles. The standard InChI is InChI=1S/C88H86N6O12S2/c1-7-89(61-39-43-69-75(53-61)105-77-55-63(41-45-71(77)81(69)73-35-15-17-37-79(73)107(99,100)101)91(83-57(3)27-25-28-58(83)4)49-21-23-51-93-85(95)65-31-11-12-32-66(65)86(93)96)47-19-9-10-20-48-90(8-2)62-40-44-70-76(54-62)106-78-56-64(42-46-72(78)82(70)74-36-16-18-38-80(74)108(102,103)104)92(84-59(5)29-26-30-60(84)6)50-22-24-52-94-87(97)67-33-13-14-34-68(67)88(94)98/h11-18,25-46,53-56,77H,7-10,19-24,47-52H2,1-6H3,(H-,99,100,101,102,103,104)/p+1. The summed E-state index contributed by atoms with van der Waals surface area (Å²) in [6.45, 7) is 17.1. The Morgan fingerprint density at radius 2 is 0.843 bits per heavy atom. The van der Waals surface area contributed by atoms with Crippen LogP contribution in [0.25, 0.3) is 38.6 Å². The van der Waals surface area contributed by atoms with Crippen LogP contribution in [0, 0.1) is 27.7 Å². The van der Waals surface area contributed by atoms with E-state index in [-0.39, 0.29) is 46.5 Å². The summed E-state index contributed by atoms with van der Waals surface area (Å²) >= 11 is 0. The molecule has 2 N–H and O–H groups in total. The second kappa shape index (κ2) is 31.0. The highest BCUT2D eigenvalue weighted by atomic mass is 32.2. The Morgan fingerprint density at radius 1 is 0.426 bits per heavy atom. The van der Waals surface area contributed by atoms with E-state index in [0.29, 0.717) is 130 Å². The van der Waals surface area contributed by atoms with Crippen LogP contribution in [0.3, 0.4) is 0 Å². The molecule has 20 heteroatoms. The van der Waals surface area contributed by atoms with Crippen LogP contribution in [-0.4, -0.2) is 118 Å². The fourth-order valence-corrected chi connectivity index (χ4v) is 17.5. The number of aryl methyl sites for hydroxylation is 4. The Labute approximate surface area is 631 Å². The summed E-state index contributed by atoms with van der Waals surface area (Å²) in [7, 11) is -9.35. The largest absolute Gasteiger partial charge is 0.481 e. The van der Waals surface area contributed by atoms with Gasteiger partial charge in [-0.05, 0) is 187 Å². The quantitative estimate of drug-likeness (QED) is 0.0146. The van der Waals surface area contributed by atoms with Crippen molar-refractivity contribution in [3.63, 3.8) is 0 Å². The van der Waals surface area contributed by atoms with Crippen molar-refractivity contribution in [3.05, 3.63) is 273 Å². The summed E-state index contributed by atoms with van der Waals surface area (Å²) in [6.07, 6.45) is 11.5. The van der Waals surface area contributed by atoms with Crippen molar-refractivity contribution < 1.29 is 54.3 Å². The van der Waals surface area contributed by atoms with Crippen molar-refractivity contribution in [3.8, 4) is 16.9 Å². The number of ether oxygens (including phenoxy) is 1. The van der Waals surface area contributed by atoms with Crippen molar-refractivity contribution in [1.29, 1.82) is 0 Å². The van der Waals surface area contributed by atoms with Crippen molar-refractivity contribution in [2.45, 2.75) is 109 Å². The van der Waals surface area contributed by atoms with Crippen LogP contribution in [0.2, 0.25) is 0 Å². The molecule has 4 aliphatic rings. The number of nitrogens with zero attached hydrogens (tertiary/aromatic N) is 6. The Bertz CT molecular complexity index is 5480. The molecule has 1 atom stereocenters. The lowest BCUT2D eigenvalue weighted by molar-refractivity contribution is 0.0636. The van der Waals surface area contributed by atoms with E-state index in [4.69, 9.17) is 9.15 Å². The predicted octanol–water partition coefficient (Wildman–Crippen LogP) is 18.0. The zero-order chi connectivity index (χ0) is 75.7. The van der Waals surface area contributed by atoms with Gasteiger partial charge in [0.05, 0.1) is 50.8 Å². The summed E-state index contributed by atoms with van der Waals surface area (Å²) in [6, 6.07) is 57.1. The molecule has 4 amide bonds. The molecular formula is C88H87N6O12S2+. The number of carbonyl (C=O) groups is 4. The lowest BCUT2D eigenvalue weighted by Crippen LogP contribution is -2.33. The van der Waals surface area contributed by atoms with Crippen LogP contribution in [0.1, 0.15) is 140 Å². The first-order valence-corrected chi connectivity index (χ1v) is 40.0. The second-order valence-electron chi connectivity index (χ2n) is 28.1. The van der Waals surface area contributed by atoms with Crippen molar-refractivity contribution in [1.82, 2.24) is 9.80 Å². The minimum atomic E-state index is -4.68. The maximum absolute atomic E-state index is 13.3. The molecule has 552 valence electrons. The molecule has 108 heavy (non-hydrogen) atoms. The summed E-state index contributed by atoms with van der Waals surface area (Å²) < 4.78 is 88.2. The summed E-state index contributed by atoms with van der Waals surface area (Å²) in [5.74, 6) is -0.563. The van der Waals surface area contributed by atoms with Crippen molar-refractivity contribution >= 4 is 99.8 Å². The Kier molecular flexibility index (Phi) is 21.2. The van der Waals surface area contributed by atoms with Crippen molar-refractivity contribution in [2.24, 2.45) is 0 Å². The smallest absolute Gasteiger partial charge is 0.363 e. The van der Waals surface area contributed by atoms with Gasteiger partial charge < -0.3 is 24.3 Å². The fourth-order valence-electron chi connectivity index (χ4n) is 16.1. The molecule has 1 aliphatic carbocycles. The molecule has 9 aromatic carbocycles. The van der Waals surface area contributed by atoms with Gasteiger partial charge in [0, 0.05) is 120 Å². The number of carbonyl (C=O) groups excluding carboxylic acids is 4. The van der Waals surface area contributed by atoms with Gasteiger partial charge in [0.15, 0.2) is 0 Å². The molecule has 0 saturated carbocycles. The van der Waals surface area contributed by atoms with Crippen LogP contribution in [0.5, 0.6) is 5.75 Å². The van der Waals surface area contributed by atoms with Crippen LogP contribution < -0.4 is 24.3 Å². The molecule has 10 aromatic rings. The molecule has 0 spiro atoms. The van der Waals surface area contributed by atoms with Crippen LogP contribution in [0.15, 0.2) is 232 Å². The van der Waals surface area contributed by atoms with Gasteiger partial charge in [0.1, 0.15) is 21.6 Å². The minimum absolute atomic E-state index is 0.212.